The molecule has 0 unspecified atom stereocenters. The highest BCUT2D eigenvalue weighted by Crippen LogP contribution is 2.24. The number of aliphatic hydroxyl groups excluding tert-OH is 1. The Morgan fingerprint density at radius 2 is 1.86 bits per heavy atom. The number of amides is 1. The van der Waals surface area contributed by atoms with E-state index in [4.69, 9.17) is 21.4 Å². The first-order valence-electron chi connectivity index (χ1n) is 6.94. The topological polar surface area (TPSA) is 58.6 Å². The molecule has 0 saturated heterocycles. The van der Waals surface area contributed by atoms with Crippen LogP contribution in [0.25, 0.3) is 0 Å². The van der Waals surface area contributed by atoms with E-state index < -0.39 is 0 Å². The average Bonchev–Trinajstić information content (AvgIpc) is 2.55. The summed E-state index contributed by atoms with van der Waals surface area (Å²) in [7, 11) is 1.51. The Hall–Kier alpha value is -2.04. The maximum atomic E-state index is 12.1. The Bertz CT molecular complexity index is 641. The largest absolute Gasteiger partial charge is 0.495 e. The molecule has 0 aliphatic heterocycles. The van der Waals surface area contributed by atoms with Crippen molar-refractivity contribution in [3.05, 3.63) is 64.2 Å². The van der Waals surface area contributed by atoms with Crippen LogP contribution in [0.3, 0.4) is 0 Å². The average molecular weight is 320 g/mol. The SMILES string of the molecule is COc1cc(C(=O)NCCc2ccc(CO)cc2)ccc1Cl. The van der Waals surface area contributed by atoms with Gasteiger partial charge in [0.25, 0.3) is 5.91 Å². The smallest absolute Gasteiger partial charge is 0.251 e. The van der Waals surface area contributed by atoms with Crippen molar-refractivity contribution in [2.75, 3.05) is 13.7 Å². The van der Waals surface area contributed by atoms with Crippen LogP contribution in [0.2, 0.25) is 5.02 Å². The van der Waals surface area contributed by atoms with E-state index in [1.807, 2.05) is 24.3 Å². The molecule has 1 amide bonds. The highest BCUT2D eigenvalue weighted by molar-refractivity contribution is 6.32. The second-order valence-corrected chi connectivity index (χ2v) is 5.24. The van der Waals surface area contributed by atoms with Crippen LogP contribution in [0.15, 0.2) is 42.5 Å². The third kappa shape index (κ3) is 4.23. The van der Waals surface area contributed by atoms with E-state index in [0.29, 0.717) is 22.9 Å². The van der Waals surface area contributed by atoms with Crippen molar-refractivity contribution in [1.82, 2.24) is 5.32 Å². The van der Waals surface area contributed by atoms with Gasteiger partial charge in [0.05, 0.1) is 18.7 Å². The number of aliphatic hydroxyl groups is 1. The van der Waals surface area contributed by atoms with Crippen LogP contribution in [0.4, 0.5) is 0 Å². The third-order valence-corrected chi connectivity index (χ3v) is 3.63. The predicted molar refractivity (Wildman–Crippen MR) is 86.4 cm³/mol. The number of halogens is 1. The summed E-state index contributed by atoms with van der Waals surface area (Å²) in [6.07, 6.45) is 0.724. The number of methoxy groups -OCH3 is 1. The monoisotopic (exact) mass is 319 g/mol. The number of hydrogen-bond donors (Lipinski definition) is 2. The van der Waals surface area contributed by atoms with Gasteiger partial charge in [-0.3, -0.25) is 4.79 Å². The quantitative estimate of drug-likeness (QED) is 0.860. The van der Waals surface area contributed by atoms with Crippen LogP contribution in [-0.4, -0.2) is 24.7 Å². The lowest BCUT2D eigenvalue weighted by molar-refractivity contribution is 0.0954. The summed E-state index contributed by atoms with van der Waals surface area (Å²) in [5.74, 6) is 0.316. The zero-order valence-corrected chi connectivity index (χ0v) is 13.1. The van der Waals surface area contributed by atoms with E-state index in [0.717, 1.165) is 17.5 Å². The van der Waals surface area contributed by atoms with E-state index >= 15 is 0 Å². The van der Waals surface area contributed by atoms with Crippen molar-refractivity contribution in [2.45, 2.75) is 13.0 Å². The number of hydrogen-bond acceptors (Lipinski definition) is 3. The second-order valence-electron chi connectivity index (χ2n) is 4.83. The Kier molecular flexibility index (Phi) is 5.81. The first kappa shape index (κ1) is 16.3. The molecule has 2 N–H and O–H groups in total. The molecule has 0 saturated carbocycles. The highest BCUT2D eigenvalue weighted by Gasteiger charge is 2.08. The van der Waals surface area contributed by atoms with E-state index in [-0.39, 0.29) is 12.5 Å². The summed E-state index contributed by atoms with van der Waals surface area (Å²) in [6, 6.07) is 12.6. The van der Waals surface area contributed by atoms with Gasteiger partial charge in [0.2, 0.25) is 0 Å². The number of benzene rings is 2. The van der Waals surface area contributed by atoms with Gasteiger partial charge in [-0.05, 0) is 35.7 Å². The molecule has 2 aromatic carbocycles. The lowest BCUT2D eigenvalue weighted by Gasteiger charge is -2.08. The van der Waals surface area contributed by atoms with Crippen molar-refractivity contribution >= 4 is 17.5 Å². The van der Waals surface area contributed by atoms with Crippen molar-refractivity contribution in [2.24, 2.45) is 0 Å². The summed E-state index contributed by atoms with van der Waals surface area (Å²) in [5.41, 5.74) is 2.49. The number of carbonyl (C=O) groups excluding carboxylic acids is 1. The highest BCUT2D eigenvalue weighted by atomic mass is 35.5. The lowest BCUT2D eigenvalue weighted by Crippen LogP contribution is -2.25. The summed E-state index contributed by atoms with van der Waals surface area (Å²) < 4.78 is 5.10. The normalized spacial score (nSPS) is 10.3. The van der Waals surface area contributed by atoms with Crippen molar-refractivity contribution in [3.8, 4) is 5.75 Å². The minimum Gasteiger partial charge on any atom is -0.495 e. The molecule has 2 aromatic rings. The first-order valence-corrected chi connectivity index (χ1v) is 7.32. The summed E-state index contributed by atoms with van der Waals surface area (Å²) in [5, 5.41) is 12.3. The molecule has 0 bridgehead atoms. The molecular weight excluding hydrogens is 302 g/mol. The van der Waals surface area contributed by atoms with Gasteiger partial charge in [0, 0.05) is 12.1 Å². The van der Waals surface area contributed by atoms with Gasteiger partial charge in [-0.15, -0.1) is 0 Å². The fourth-order valence-corrected chi connectivity index (χ4v) is 2.23. The fraction of sp³-hybridized carbons (Fsp3) is 0.235. The van der Waals surface area contributed by atoms with Gasteiger partial charge < -0.3 is 15.2 Å². The molecule has 0 fully saturated rings. The van der Waals surface area contributed by atoms with E-state index in [9.17, 15) is 4.79 Å². The van der Waals surface area contributed by atoms with Crippen molar-refractivity contribution < 1.29 is 14.6 Å². The Labute approximate surface area is 134 Å². The van der Waals surface area contributed by atoms with E-state index in [2.05, 4.69) is 5.32 Å². The van der Waals surface area contributed by atoms with E-state index in [1.165, 1.54) is 7.11 Å². The molecule has 0 aromatic heterocycles. The Balaban J connectivity index is 1.89. The second kappa shape index (κ2) is 7.82. The number of ether oxygens (including phenoxy) is 1. The molecule has 0 aliphatic rings. The summed E-state index contributed by atoms with van der Waals surface area (Å²) in [4.78, 5) is 12.1. The Morgan fingerprint density at radius 1 is 1.18 bits per heavy atom. The maximum absolute atomic E-state index is 12.1. The van der Waals surface area contributed by atoms with Crippen LogP contribution >= 0.6 is 11.6 Å². The molecule has 0 spiro atoms. The molecular formula is C17H18ClNO3. The van der Waals surface area contributed by atoms with Crippen molar-refractivity contribution in [1.29, 1.82) is 0 Å². The summed E-state index contributed by atoms with van der Waals surface area (Å²) >= 11 is 5.94. The van der Waals surface area contributed by atoms with Crippen LogP contribution in [-0.2, 0) is 13.0 Å². The van der Waals surface area contributed by atoms with Crippen LogP contribution in [0.1, 0.15) is 21.5 Å². The molecule has 0 aliphatic carbocycles. The molecule has 22 heavy (non-hydrogen) atoms. The zero-order chi connectivity index (χ0) is 15.9. The van der Waals surface area contributed by atoms with Gasteiger partial charge in [-0.1, -0.05) is 35.9 Å². The predicted octanol–water partition coefficient (Wildman–Crippen LogP) is 2.81. The van der Waals surface area contributed by atoms with Crippen LogP contribution in [0, 0.1) is 0 Å². The van der Waals surface area contributed by atoms with Crippen LogP contribution in [0.5, 0.6) is 5.75 Å². The number of carbonyl (C=O) groups is 1. The molecule has 116 valence electrons. The standard InChI is InChI=1S/C17H18ClNO3/c1-22-16-10-14(6-7-15(16)18)17(21)19-9-8-12-2-4-13(11-20)5-3-12/h2-7,10,20H,8-9,11H2,1H3,(H,19,21). The van der Waals surface area contributed by atoms with Gasteiger partial charge >= 0.3 is 0 Å². The van der Waals surface area contributed by atoms with Crippen LogP contribution < -0.4 is 10.1 Å². The van der Waals surface area contributed by atoms with Gasteiger partial charge in [-0.2, -0.15) is 0 Å². The molecule has 0 atom stereocenters. The fourth-order valence-electron chi connectivity index (χ4n) is 2.03. The molecule has 0 radical (unpaired) electrons. The molecule has 4 nitrogen and oxygen atoms in total. The number of nitrogens with one attached hydrogen (secondary N) is 1. The first-order chi connectivity index (χ1) is 10.6. The lowest BCUT2D eigenvalue weighted by atomic mass is 10.1. The van der Waals surface area contributed by atoms with Crippen molar-refractivity contribution in [3.63, 3.8) is 0 Å². The maximum Gasteiger partial charge on any atom is 0.251 e. The van der Waals surface area contributed by atoms with Gasteiger partial charge in [0.1, 0.15) is 5.75 Å². The molecule has 2 rings (SSSR count). The molecule has 5 heteroatoms. The third-order valence-electron chi connectivity index (χ3n) is 3.32. The van der Waals surface area contributed by atoms with Gasteiger partial charge in [0.15, 0.2) is 0 Å². The Morgan fingerprint density at radius 3 is 2.50 bits per heavy atom. The molecule has 0 heterocycles. The van der Waals surface area contributed by atoms with Gasteiger partial charge in [-0.25, -0.2) is 0 Å². The summed E-state index contributed by atoms with van der Waals surface area (Å²) in [6.45, 7) is 0.567. The van der Waals surface area contributed by atoms with E-state index in [1.54, 1.807) is 18.2 Å². The zero-order valence-electron chi connectivity index (χ0n) is 12.3. The minimum atomic E-state index is -0.165. The number of rotatable bonds is 6. The minimum absolute atomic E-state index is 0.0371.